The Morgan fingerprint density at radius 3 is 2.32 bits per heavy atom. The second-order valence-corrected chi connectivity index (χ2v) is 3.49. The number of nitrogens with zero attached hydrogens (tertiary/aromatic N) is 1. The lowest BCUT2D eigenvalue weighted by atomic mass is 10.0. The van der Waals surface area contributed by atoms with E-state index in [1.807, 2.05) is 0 Å². The minimum absolute atomic E-state index is 0.0417. The van der Waals surface area contributed by atoms with E-state index < -0.39 is 36.7 Å². The van der Waals surface area contributed by atoms with Crippen molar-refractivity contribution in [3.05, 3.63) is 0 Å². The molecule has 0 bridgehead atoms. The summed E-state index contributed by atoms with van der Waals surface area (Å²) in [6, 6.07) is 0. The second-order valence-electron chi connectivity index (χ2n) is 3.49. The summed E-state index contributed by atoms with van der Waals surface area (Å²) < 4.78 is 33.6. The molecule has 110 valence electrons. The van der Waals surface area contributed by atoms with E-state index in [4.69, 9.17) is 0 Å². The van der Waals surface area contributed by atoms with Gasteiger partial charge in [-0.05, 0) is 6.92 Å². The van der Waals surface area contributed by atoms with Crippen LogP contribution in [0.25, 0.3) is 0 Å². The topological polar surface area (TPSA) is 84.9 Å². The first-order valence-electron chi connectivity index (χ1n) is 5.37. The van der Waals surface area contributed by atoms with Crippen LogP contribution in [-0.2, 0) is 19.1 Å². The Hall–Kier alpha value is -1.77. The molecule has 0 fully saturated rings. The molecule has 7 nitrogen and oxygen atoms in total. The summed E-state index contributed by atoms with van der Waals surface area (Å²) in [7, 11) is 2.40. The molecule has 9 heteroatoms. The normalized spacial score (nSPS) is 12.2. The van der Waals surface area contributed by atoms with Gasteiger partial charge in [-0.2, -0.15) is 0 Å². The zero-order valence-corrected chi connectivity index (χ0v) is 10.8. The Morgan fingerprint density at radius 1 is 1.32 bits per heavy atom. The van der Waals surface area contributed by atoms with Crippen LogP contribution in [0.3, 0.4) is 0 Å². The highest BCUT2D eigenvalue weighted by molar-refractivity contribution is 6.00. The van der Waals surface area contributed by atoms with Gasteiger partial charge in [-0.1, -0.05) is 0 Å². The lowest BCUT2D eigenvalue weighted by molar-refractivity contribution is -0.156. The van der Waals surface area contributed by atoms with Gasteiger partial charge in [0.25, 0.3) is 6.43 Å². The van der Waals surface area contributed by atoms with E-state index in [1.54, 1.807) is 0 Å². The van der Waals surface area contributed by atoms with E-state index in [1.165, 1.54) is 14.0 Å². The molecule has 0 aliphatic heterocycles. The zero-order chi connectivity index (χ0) is 15.0. The van der Waals surface area contributed by atoms with Crippen molar-refractivity contribution in [1.29, 1.82) is 0 Å². The van der Waals surface area contributed by atoms with Gasteiger partial charge < -0.3 is 9.47 Å². The minimum atomic E-state index is -3.29. The number of esters is 1. The van der Waals surface area contributed by atoms with Crippen molar-refractivity contribution in [3.8, 4) is 0 Å². The Balaban J connectivity index is 4.71. The van der Waals surface area contributed by atoms with Gasteiger partial charge in [0.05, 0.1) is 13.7 Å². The molecule has 0 radical (unpaired) electrons. The fourth-order valence-electron chi connectivity index (χ4n) is 1.20. The third-order valence-corrected chi connectivity index (χ3v) is 2.05. The van der Waals surface area contributed by atoms with Gasteiger partial charge in [-0.15, -0.1) is 0 Å². The Labute approximate surface area is 108 Å². The molecule has 1 N–H and O–H groups in total. The van der Waals surface area contributed by atoms with E-state index >= 15 is 0 Å². The quantitative estimate of drug-likeness (QED) is 0.408. The summed E-state index contributed by atoms with van der Waals surface area (Å²) in [4.78, 5) is 33.5. The van der Waals surface area contributed by atoms with Crippen LogP contribution in [0.1, 0.15) is 6.92 Å². The van der Waals surface area contributed by atoms with Crippen LogP contribution in [-0.4, -0.2) is 56.6 Å². The number of rotatable bonds is 7. The van der Waals surface area contributed by atoms with Crippen LogP contribution in [0.4, 0.5) is 13.6 Å². The maximum Gasteiger partial charge on any atom is 0.421 e. The predicted octanol–water partition coefficient (Wildman–Crippen LogP) is 0.203. The fourth-order valence-corrected chi connectivity index (χ4v) is 1.20. The van der Waals surface area contributed by atoms with Crippen molar-refractivity contribution in [2.24, 2.45) is 5.92 Å². The number of Topliss-reactive ketones (excluding diaryl/α,β-unsaturated/α-hetero) is 1. The third-order valence-electron chi connectivity index (χ3n) is 2.05. The highest BCUT2D eigenvalue weighted by atomic mass is 19.3. The zero-order valence-electron chi connectivity index (χ0n) is 10.8. The monoisotopic (exact) mass is 282 g/mol. The predicted molar refractivity (Wildman–Crippen MR) is 59.3 cm³/mol. The number of methoxy groups -OCH3 is 1. The maximum atomic E-state index is 12.4. The summed E-state index contributed by atoms with van der Waals surface area (Å²) in [5.74, 6) is -4.30. The number of hydrogen-bond acceptors (Lipinski definition) is 6. The van der Waals surface area contributed by atoms with E-state index in [0.717, 1.165) is 12.1 Å². The molecule has 0 aromatic heterocycles. The van der Waals surface area contributed by atoms with Gasteiger partial charge in [0.15, 0.2) is 0 Å². The molecule has 0 spiro atoms. The number of hydrogen-bond donors (Lipinski definition) is 1. The van der Waals surface area contributed by atoms with Crippen molar-refractivity contribution in [2.45, 2.75) is 13.3 Å². The highest BCUT2D eigenvalue weighted by Crippen LogP contribution is 2.10. The molecular formula is C10H16F2N2O5. The number of alkyl halides is 2. The molecule has 0 aliphatic rings. The number of nitrogens with one attached hydrogen (secondary N) is 1. The lowest BCUT2D eigenvalue weighted by Crippen LogP contribution is -2.46. The number of ether oxygens (including phenoxy) is 2. The van der Waals surface area contributed by atoms with E-state index in [2.05, 4.69) is 14.9 Å². The lowest BCUT2D eigenvalue weighted by Gasteiger charge is -2.21. The molecule has 1 unspecified atom stereocenters. The Kier molecular flexibility index (Phi) is 7.57. The van der Waals surface area contributed by atoms with Crippen LogP contribution in [0.5, 0.6) is 0 Å². The molecular weight excluding hydrogens is 266 g/mol. The molecule has 0 aromatic carbocycles. The maximum absolute atomic E-state index is 12.4. The number of carbonyl (C=O) groups is 3. The average Bonchev–Trinajstić information content (AvgIpc) is 2.34. The first-order chi connectivity index (χ1) is 8.83. The minimum Gasteiger partial charge on any atom is -0.465 e. The second kappa shape index (κ2) is 8.35. The fraction of sp³-hybridized carbons (Fsp3) is 0.700. The van der Waals surface area contributed by atoms with Crippen molar-refractivity contribution < 1.29 is 32.6 Å². The summed E-state index contributed by atoms with van der Waals surface area (Å²) >= 11 is 0. The van der Waals surface area contributed by atoms with Gasteiger partial charge in [0, 0.05) is 13.6 Å². The van der Waals surface area contributed by atoms with Gasteiger partial charge in [-0.25, -0.2) is 18.6 Å². The van der Waals surface area contributed by atoms with E-state index in [0.29, 0.717) is 0 Å². The van der Waals surface area contributed by atoms with Crippen molar-refractivity contribution >= 4 is 17.8 Å². The molecule has 1 amide bonds. The van der Waals surface area contributed by atoms with Crippen LogP contribution in [0.2, 0.25) is 0 Å². The number of amides is 1. The number of halogens is 2. The molecule has 0 saturated heterocycles. The van der Waals surface area contributed by atoms with Gasteiger partial charge in [0.2, 0.25) is 5.78 Å². The summed E-state index contributed by atoms with van der Waals surface area (Å²) in [5.41, 5.74) is 2.12. The smallest absolute Gasteiger partial charge is 0.421 e. The van der Waals surface area contributed by atoms with Gasteiger partial charge >= 0.3 is 12.1 Å². The first kappa shape index (κ1) is 17.2. The molecule has 0 aliphatic carbocycles. The standard InChI is InChI=1S/C10H16F2N2O5/c1-4-19-9(16)6(7(15)8(11)12)5-14(2)13-10(17)18-3/h6,8H,4-5H2,1-3H3,(H,13,17). The number of ketones is 1. The number of carbonyl (C=O) groups excluding carboxylic acids is 3. The van der Waals surface area contributed by atoms with Gasteiger partial charge in [-0.3, -0.25) is 15.0 Å². The van der Waals surface area contributed by atoms with E-state index in [9.17, 15) is 23.2 Å². The van der Waals surface area contributed by atoms with Crippen molar-refractivity contribution in [1.82, 2.24) is 10.4 Å². The van der Waals surface area contributed by atoms with Crippen molar-refractivity contribution in [2.75, 3.05) is 27.3 Å². The SMILES string of the molecule is CCOC(=O)C(CN(C)NC(=O)OC)C(=O)C(F)F. The summed E-state index contributed by atoms with van der Waals surface area (Å²) in [6.45, 7) is 0.995. The third kappa shape index (κ3) is 6.09. The van der Waals surface area contributed by atoms with Crippen LogP contribution >= 0.6 is 0 Å². The Morgan fingerprint density at radius 2 is 1.89 bits per heavy atom. The largest absolute Gasteiger partial charge is 0.465 e. The molecule has 0 heterocycles. The molecule has 0 saturated carbocycles. The van der Waals surface area contributed by atoms with Crippen LogP contribution in [0, 0.1) is 5.92 Å². The number of hydrazine groups is 1. The highest BCUT2D eigenvalue weighted by Gasteiger charge is 2.35. The molecule has 0 rings (SSSR count). The summed E-state index contributed by atoms with van der Waals surface area (Å²) in [5, 5.41) is 0.994. The van der Waals surface area contributed by atoms with Gasteiger partial charge in [0.1, 0.15) is 5.92 Å². The van der Waals surface area contributed by atoms with Crippen molar-refractivity contribution in [3.63, 3.8) is 0 Å². The average molecular weight is 282 g/mol. The van der Waals surface area contributed by atoms with E-state index in [-0.39, 0.29) is 6.61 Å². The molecule has 19 heavy (non-hydrogen) atoms. The molecule has 1 atom stereocenters. The first-order valence-corrected chi connectivity index (χ1v) is 5.37. The Bertz CT molecular complexity index is 338. The van der Waals surface area contributed by atoms with Crippen LogP contribution in [0.15, 0.2) is 0 Å². The molecule has 0 aromatic rings. The summed E-state index contributed by atoms with van der Waals surface area (Å²) in [6.07, 6.45) is -4.14. The van der Waals surface area contributed by atoms with Crippen LogP contribution < -0.4 is 5.43 Å².